The molecule has 1 amide bonds. The van der Waals surface area contributed by atoms with Crippen molar-refractivity contribution in [1.29, 1.82) is 5.26 Å². The first kappa shape index (κ1) is 19.5. The summed E-state index contributed by atoms with van der Waals surface area (Å²) in [5.41, 5.74) is -0.0395. The molecule has 0 saturated carbocycles. The summed E-state index contributed by atoms with van der Waals surface area (Å²) in [6.07, 6.45) is 1.37. The van der Waals surface area contributed by atoms with E-state index in [-0.39, 0.29) is 22.7 Å². The van der Waals surface area contributed by atoms with Gasteiger partial charge in [-0.2, -0.15) is 5.26 Å². The van der Waals surface area contributed by atoms with E-state index in [0.717, 1.165) is 0 Å². The first-order chi connectivity index (χ1) is 13.0. The minimum atomic E-state index is -0.767. The van der Waals surface area contributed by atoms with Gasteiger partial charge >= 0.3 is 0 Å². The Morgan fingerprint density at radius 3 is 2.70 bits per heavy atom. The summed E-state index contributed by atoms with van der Waals surface area (Å²) in [5, 5.41) is 23.0. The van der Waals surface area contributed by atoms with Crippen LogP contribution < -0.4 is 14.8 Å². The fourth-order valence-corrected chi connectivity index (χ4v) is 2.28. The maximum absolute atomic E-state index is 12.4. The van der Waals surface area contributed by atoms with Crippen LogP contribution in [0.4, 0.5) is 11.4 Å². The SMILES string of the molecule is CCOc1ccccc1/C=C(\C#N)C(=O)Nc1ccc(OC)cc1[N+](=O)[O-]. The Hall–Kier alpha value is -3.86. The zero-order chi connectivity index (χ0) is 19.8. The lowest BCUT2D eigenvalue weighted by Crippen LogP contribution is -2.14. The first-order valence-electron chi connectivity index (χ1n) is 7.97. The minimum Gasteiger partial charge on any atom is -0.496 e. The molecular formula is C19H17N3O5. The van der Waals surface area contributed by atoms with Crippen molar-refractivity contribution < 1.29 is 19.2 Å². The quantitative estimate of drug-likeness (QED) is 0.346. The number of carbonyl (C=O) groups excluding carboxylic acids is 1. The molecule has 2 aromatic rings. The molecule has 0 aliphatic rings. The molecular weight excluding hydrogens is 350 g/mol. The Bertz CT molecular complexity index is 931. The molecule has 2 aromatic carbocycles. The smallest absolute Gasteiger partial charge is 0.296 e. The van der Waals surface area contributed by atoms with Gasteiger partial charge in [-0.15, -0.1) is 0 Å². The molecule has 0 radical (unpaired) electrons. The molecule has 0 aromatic heterocycles. The maximum Gasteiger partial charge on any atom is 0.296 e. The molecule has 0 spiro atoms. The lowest BCUT2D eigenvalue weighted by atomic mass is 10.1. The van der Waals surface area contributed by atoms with Crippen molar-refractivity contribution in [3.8, 4) is 17.6 Å². The highest BCUT2D eigenvalue weighted by molar-refractivity contribution is 6.10. The summed E-state index contributed by atoms with van der Waals surface area (Å²) < 4.78 is 10.4. The molecule has 0 unspecified atom stereocenters. The standard InChI is InChI=1S/C19H17N3O5/c1-3-27-18-7-5-4-6-13(18)10-14(12-20)19(23)21-16-9-8-15(26-2)11-17(16)22(24)25/h4-11H,3H2,1-2H3,(H,21,23)/b14-10+. The van der Waals surface area contributed by atoms with Gasteiger partial charge in [0.25, 0.3) is 11.6 Å². The summed E-state index contributed by atoms with van der Waals surface area (Å²) >= 11 is 0. The Morgan fingerprint density at radius 2 is 2.07 bits per heavy atom. The number of carbonyl (C=O) groups is 1. The minimum absolute atomic E-state index is 0.0370. The van der Waals surface area contributed by atoms with Crippen molar-refractivity contribution in [2.24, 2.45) is 0 Å². The molecule has 8 nitrogen and oxygen atoms in total. The van der Waals surface area contributed by atoms with Crippen LogP contribution in [0, 0.1) is 21.4 Å². The van der Waals surface area contributed by atoms with Gasteiger partial charge in [-0.3, -0.25) is 14.9 Å². The van der Waals surface area contributed by atoms with Crippen LogP contribution in [-0.4, -0.2) is 24.5 Å². The zero-order valence-corrected chi connectivity index (χ0v) is 14.8. The summed E-state index contributed by atoms with van der Waals surface area (Å²) in [4.78, 5) is 23.0. The monoisotopic (exact) mass is 367 g/mol. The van der Waals surface area contributed by atoms with Crippen LogP contribution in [0.25, 0.3) is 6.08 Å². The second kappa shape index (κ2) is 9.01. The molecule has 1 N–H and O–H groups in total. The summed E-state index contributed by atoms with van der Waals surface area (Å²) in [6, 6.07) is 12.8. The van der Waals surface area contributed by atoms with Gasteiger partial charge in [0.15, 0.2) is 0 Å². The lowest BCUT2D eigenvalue weighted by Gasteiger charge is -2.09. The number of methoxy groups -OCH3 is 1. The third-order valence-corrected chi connectivity index (χ3v) is 3.53. The summed E-state index contributed by atoms with van der Waals surface area (Å²) in [6.45, 7) is 2.25. The number of nitro benzene ring substituents is 1. The van der Waals surface area contributed by atoms with Crippen molar-refractivity contribution in [3.63, 3.8) is 0 Å². The van der Waals surface area contributed by atoms with Crippen molar-refractivity contribution in [3.05, 3.63) is 63.7 Å². The Labute approximate surface area is 155 Å². The largest absolute Gasteiger partial charge is 0.496 e. The number of nitro groups is 1. The molecule has 8 heteroatoms. The Kier molecular flexibility index (Phi) is 6.49. The number of para-hydroxylation sites is 1. The molecule has 0 heterocycles. The van der Waals surface area contributed by atoms with Gasteiger partial charge in [0.05, 0.1) is 24.7 Å². The van der Waals surface area contributed by atoms with Gasteiger partial charge in [0.2, 0.25) is 0 Å². The molecule has 27 heavy (non-hydrogen) atoms. The highest BCUT2D eigenvalue weighted by atomic mass is 16.6. The van der Waals surface area contributed by atoms with Crippen molar-refractivity contribution in [2.45, 2.75) is 6.92 Å². The number of amides is 1. The molecule has 0 bridgehead atoms. The lowest BCUT2D eigenvalue weighted by molar-refractivity contribution is -0.384. The number of nitrogens with zero attached hydrogens (tertiary/aromatic N) is 2. The van der Waals surface area contributed by atoms with Crippen molar-refractivity contribution in [2.75, 3.05) is 19.0 Å². The predicted molar refractivity (Wildman–Crippen MR) is 99.5 cm³/mol. The average molecular weight is 367 g/mol. The van der Waals surface area contributed by atoms with E-state index in [2.05, 4.69) is 5.32 Å². The number of rotatable bonds is 7. The van der Waals surface area contributed by atoms with E-state index in [1.54, 1.807) is 24.3 Å². The number of hydrogen-bond acceptors (Lipinski definition) is 6. The van der Waals surface area contributed by atoms with E-state index in [1.165, 1.54) is 31.4 Å². The molecule has 0 fully saturated rings. The van der Waals surface area contributed by atoms with Gasteiger partial charge < -0.3 is 14.8 Å². The van der Waals surface area contributed by atoms with E-state index in [4.69, 9.17) is 9.47 Å². The van der Waals surface area contributed by atoms with Gasteiger partial charge in [0.1, 0.15) is 28.8 Å². The normalized spacial score (nSPS) is 10.6. The van der Waals surface area contributed by atoms with E-state index in [1.807, 2.05) is 13.0 Å². The summed E-state index contributed by atoms with van der Waals surface area (Å²) in [7, 11) is 1.38. The number of ether oxygens (including phenoxy) is 2. The van der Waals surface area contributed by atoms with Crippen LogP contribution in [0.3, 0.4) is 0 Å². The van der Waals surface area contributed by atoms with Crippen LogP contribution in [0.15, 0.2) is 48.0 Å². The molecule has 0 aliphatic heterocycles. The van der Waals surface area contributed by atoms with E-state index in [9.17, 15) is 20.2 Å². The second-order valence-corrected chi connectivity index (χ2v) is 5.23. The third-order valence-electron chi connectivity index (χ3n) is 3.53. The first-order valence-corrected chi connectivity index (χ1v) is 7.97. The van der Waals surface area contributed by atoms with Crippen LogP contribution in [-0.2, 0) is 4.79 Å². The molecule has 2 rings (SSSR count). The average Bonchev–Trinajstić information content (AvgIpc) is 2.67. The number of nitrogens with one attached hydrogen (secondary N) is 1. The molecule has 0 atom stereocenters. The maximum atomic E-state index is 12.4. The Morgan fingerprint density at radius 1 is 1.33 bits per heavy atom. The highest BCUT2D eigenvalue weighted by Gasteiger charge is 2.19. The van der Waals surface area contributed by atoms with Gasteiger partial charge in [-0.25, -0.2) is 0 Å². The van der Waals surface area contributed by atoms with Gasteiger partial charge in [0, 0.05) is 5.56 Å². The third kappa shape index (κ3) is 4.83. The predicted octanol–water partition coefficient (Wildman–Crippen LogP) is 3.55. The van der Waals surface area contributed by atoms with E-state index >= 15 is 0 Å². The van der Waals surface area contributed by atoms with E-state index < -0.39 is 10.8 Å². The molecule has 0 saturated heterocycles. The van der Waals surface area contributed by atoms with Crippen molar-refractivity contribution >= 4 is 23.4 Å². The zero-order valence-electron chi connectivity index (χ0n) is 14.8. The molecule has 0 aliphatic carbocycles. The van der Waals surface area contributed by atoms with Crippen LogP contribution in [0.5, 0.6) is 11.5 Å². The van der Waals surface area contributed by atoms with E-state index in [0.29, 0.717) is 17.9 Å². The van der Waals surface area contributed by atoms with Crippen LogP contribution >= 0.6 is 0 Å². The number of nitriles is 1. The molecule has 138 valence electrons. The number of benzene rings is 2. The highest BCUT2D eigenvalue weighted by Crippen LogP contribution is 2.29. The fraction of sp³-hybridized carbons (Fsp3) is 0.158. The van der Waals surface area contributed by atoms with Gasteiger partial charge in [-0.1, -0.05) is 18.2 Å². The van der Waals surface area contributed by atoms with Gasteiger partial charge in [-0.05, 0) is 31.2 Å². The topological polar surface area (TPSA) is 114 Å². The van der Waals surface area contributed by atoms with Crippen molar-refractivity contribution in [1.82, 2.24) is 0 Å². The summed E-state index contributed by atoms with van der Waals surface area (Å²) in [5.74, 6) is 0.0365. The Balaban J connectivity index is 2.34. The fourth-order valence-electron chi connectivity index (χ4n) is 2.28. The number of hydrogen-bond donors (Lipinski definition) is 1. The van der Waals surface area contributed by atoms with Crippen LogP contribution in [0.1, 0.15) is 12.5 Å². The second-order valence-electron chi connectivity index (χ2n) is 5.23. The number of anilines is 1. The van der Waals surface area contributed by atoms with Crippen LogP contribution in [0.2, 0.25) is 0 Å².